The minimum absolute atomic E-state index is 0.0304. The first-order valence-corrected chi connectivity index (χ1v) is 11.0. The number of nitrogen functional groups attached to an aromatic ring is 1. The van der Waals surface area contributed by atoms with Crippen molar-refractivity contribution in [2.45, 2.75) is 70.6 Å². The van der Waals surface area contributed by atoms with E-state index < -0.39 is 18.3 Å². The van der Waals surface area contributed by atoms with E-state index in [-0.39, 0.29) is 5.91 Å². The van der Waals surface area contributed by atoms with Crippen molar-refractivity contribution < 1.29 is 14.1 Å². The zero-order valence-electron chi connectivity index (χ0n) is 18.2. The zero-order valence-corrected chi connectivity index (χ0v) is 18.2. The van der Waals surface area contributed by atoms with E-state index in [2.05, 4.69) is 4.90 Å². The Morgan fingerprint density at radius 1 is 1.03 bits per heavy atom. The third-order valence-corrected chi connectivity index (χ3v) is 7.24. The fraction of sp³-hybridized carbons (Fsp3) is 0.682. The Hall–Kier alpha value is -1.57. The smallest absolute Gasteiger partial charge is 0.399 e. The minimum atomic E-state index is -0.470. The molecular weight excluding hydrogens is 365 g/mol. The van der Waals surface area contributed by atoms with Crippen molar-refractivity contribution in [3.8, 4) is 0 Å². The molecule has 1 amide bonds. The van der Waals surface area contributed by atoms with Gasteiger partial charge >= 0.3 is 7.12 Å². The number of likely N-dealkylation sites (tertiary alicyclic amines) is 2. The predicted molar refractivity (Wildman–Crippen MR) is 116 cm³/mol. The molecule has 4 rings (SSSR count). The molecule has 158 valence electrons. The molecule has 2 N–H and O–H groups in total. The lowest BCUT2D eigenvalue weighted by Gasteiger charge is -2.36. The van der Waals surface area contributed by atoms with Crippen molar-refractivity contribution in [1.82, 2.24) is 9.80 Å². The summed E-state index contributed by atoms with van der Waals surface area (Å²) in [7, 11) is -0.470. The number of hydrogen-bond acceptors (Lipinski definition) is 5. The summed E-state index contributed by atoms with van der Waals surface area (Å²) in [5, 5.41) is 0. The van der Waals surface area contributed by atoms with Gasteiger partial charge in [0.1, 0.15) is 0 Å². The molecule has 0 spiro atoms. The van der Waals surface area contributed by atoms with Gasteiger partial charge in [-0.15, -0.1) is 0 Å². The first-order valence-electron chi connectivity index (χ1n) is 11.0. The molecule has 3 heterocycles. The summed E-state index contributed by atoms with van der Waals surface area (Å²) >= 11 is 0. The van der Waals surface area contributed by atoms with Gasteiger partial charge in [-0.1, -0.05) is 6.07 Å². The summed E-state index contributed by atoms with van der Waals surface area (Å²) in [6.45, 7) is 12.1. The van der Waals surface area contributed by atoms with Crippen LogP contribution in [0.2, 0.25) is 0 Å². The maximum atomic E-state index is 13.1. The van der Waals surface area contributed by atoms with Crippen LogP contribution in [-0.4, -0.2) is 66.2 Å². The maximum absolute atomic E-state index is 13.1. The zero-order chi connectivity index (χ0) is 20.8. The van der Waals surface area contributed by atoms with Crippen molar-refractivity contribution in [2.75, 3.05) is 31.9 Å². The molecule has 3 aliphatic heterocycles. The molecule has 0 aliphatic carbocycles. The van der Waals surface area contributed by atoms with Crippen LogP contribution in [0.15, 0.2) is 18.2 Å². The molecule has 0 unspecified atom stereocenters. The van der Waals surface area contributed by atoms with E-state index in [0.29, 0.717) is 17.3 Å². The summed E-state index contributed by atoms with van der Waals surface area (Å²) in [5.41, 5.74) is 7.40. The number of amides is 1. The first kappa shape index (κ1) is 20.7. The summed E-state index contributed by atoms with van der Waals surface area (Å²) in [4.78, 5) is 17.6. The quantitative estimate of drug-likeness (QED) is 0.624. The predicted octanol–water partition coefficient (Wildman–Crippen LogP) is 2.27. The number of nitrogens with zero attached hydrogens (tertiary/aromatic N) is 2. The first-order chi connectivity index (χ1) is 13.7. The van der Waals surface area contributed by atoms with Crippen LogP contribution in [0, 0.1) is 0 Å². The Bertz CT molecular complexity index is 753. The lowest BCUT2D eigenvalue weighted by Crippen LogP contribution is -2.46. The number of piperidine rings is 1. The van der Waals surface area contributed by atoms with Crippen LogP contribution in [-0.2, 0) is 9.31 Å². The van der Waals surface area contributed by atoms with Crippen molar-refractivity contribution in [2.24, 2.45) is 0 Å². The highest BCUT2D eigenvalue weighted by atomic mass is 16.7. The molecule has 0 aromatic heterocycles. The van der Waals surface area contributed by atoms with Crippen LogP contribution >= 0.6 is 0 Å². The van der Waals surface area contributed by atoms with E-state index in [9.17, 15) is 4.79 Å². The van der Waals surface area contributed by atoms with Gasteiger partial charge < -0.3 is 24.8 Å². The van der Waals surface area contributed by atoms with Gasteiger partial charge in [-0.3, -0.25) is 4.79 Å². The lowest BCUT2D eigenvalue weighted by molar-refractivity contribution is 0.00578. The van der Waals surface area contributed by atoms with Gasteiger partial charge in [-0.2, -0.15) is 0 Å². The van der Waals surface area contributed by atoms with E-state index in [1.165, 1.54) is 25.9 Å². The molecule has 1 aromatic rings. The van der Waals surface area contributed by atoms with E-state index in [0.717, 1.165) is 31.4 Å². The molecule has 0 atom stereocenters. The number of benzene rings is 1. The maximum Gasteiger partial charge on any atom is 0.494 e. The Labute approximate surface area is 174 Å². The van der Waals surface area contributed by atoms with E-state index >= 15 is 0 Å². The van der Waals surface area contributed by atoms with Crippen LogP contribution in [0.25, 0.3) is 0 Å². The van der Waals surface area contributed by atoms with E-state index in [1.54, 1.807) is 0 Å². The molecule has 1 aromatic carbocycles. The minimum Gasteiger partial charge on any atom is -0.399 e. The average Bonchev–Trinajstić information content (AvgIpc) is 3.28. The highest BCUT2D eigenvalue weighted by molar-refractivity contribution is 6.62. The fourth-order valence-electron chi connectivity index (χ4n) is 4.61. The third-order valence-electron chi connectivity index (χ3n) is 7.24. The topological polar surface area (TPSA) is 68.0 Å². The lowest BCUT2D eigenvalue weighted by atomic mass is 9.78. The number of carbonyl (C=O) groups is 1. The van der Waals surface area contributed by atoms with Gasteiger partial charge in [0.2, 0.25) is 0 Å². The average molecular weight is 399 g/mol. The highest BCUT2D eigenvalue weighted by Gasteiger charge is 2.51. The normalized spacial score (nSPS) is 25.0. The largest absolute Gasteiger partial charge is 0.494 e. The molecule has 0 saturated carbocycles. The third kappa shape index (κ3) is 3.92. The number of rotatable bonds is 3. The van der Waals surface area contributed by atoms with Crippen LogP contribution in [0.5, 0.6) is 0 Å². The Balaban J connectivity index is 1.41. The Morgan fingerprint density at radius 2 is 1.62 bits per heavy atom. The second-order valence-corrected chi connectivity index (χ2v) is 9.70. The summed E-state index contributed by atoms with van der Waals surface area (Å²) in [6.07, 6.45) is 4.73. The number of nitrogens with two attached hydrogens (primary N) is 1. The van der Waals surface area contributed by atoms with Crippen molar-refractivity contribution in [3.05, 3.63) is 23.8 Å². The van der Waals surface area contributed by atoms with Crippen LogP contribution in [0.3, 0.4) is 0 Å². The molecule has 0 radical (unpaired) electrons. The number of hydrogen-bond donors (Lipinski definition) is 1. The van der Waals surface area contributed by atoms with Gasteiger partial charge in [0.05, 0.1) is 16.8 Å². The fourth-order valence-corrected chi connectivity index (χ4v) is 4.61. The summed E-state index contributed by atoms with van der Waals surface area (Å²) in [5.74, 6) is 0.0304. The van der Waals surface area contributed by atoms with Crippen LogP contribution in [0.4, 0.5) is 5.69 Å². The second kappa shape index (κ2) is 7.60. The summed E-state index contributed by atoms with van der Waals surface area (Å²) in [6, 6.07) is 6.18. The summed E-state index contributed by atoms with van der Waals surface area (Å²) < 4.78 is 12.2. The standard InChI is InChI=1S/C22H34BN3O3/c1-21(2)22(3,4)29-23(28-21)16-7-8-18(19(24)15-16)20(27)26-13-9-17(10-14-26)25-11-5-6-12-25/h7-8,15,17H,5-6,9-14,24H2,1-4H3. The van der Waals surface area contributed by atoms with Gasteiger partial charge in [0, 0.05) is 24.8 Å². The molecular formula is C22H34BN3O3. The van der Waals surface area contributed by atoms with E-state index in [4.69, 9.17) is 15.0 Å². The Kier molecular flexibility index (Phi) is 5.42. The molecule has 29 heavy (non-hydrogen) atoms. The highest BCUT2D eigenvalue weighted by Crippen LogP contribution is 2.36. The Morgan fingerprint density at radius 3 is 2.17 bits per heavy atom. The van der Waals surface area contributed by atoms with Crippen molar-refractivity contribution in [1.29, 1.82) is 0 Å². The van der Waals surface area contributed by atoms with Crippen LogP contribution < -0.4 is 11.2 Å². The van der Waals surface area contributed by atoms with Gasteiger partial charge in [-0.05, 0) is 84.1 Å². The monoisotopic (exact) mass is 399 g/mol. The molecule has 3 saturated heterocycles. The second-order valence-electron chi connectivity index (χ2n) is 9.70. The molecule has 6 nitrogen and oxygen atoms in total. The molecule has 0 bridgehead atoms. The van der Waals surface area contributed by atoms with Crippen molar-refractivity contribution >= 4 is 24.2 Å². The number of anilines is 1. The molecule has 3 fully saturated rings. The molecule has 7 heteroatoms. The van der Waals surface area contributed by atoms with E-state index in [1.807, 2.05) is 50.8 Å². The van der Waals surface area contributed by atoms with Gasteiger partial charge in [0.25, 0.3) is 5.91 Å². The van der Waals surface area contributed by atoms with Crippen LogP contribution in [0.1, 0.15) is 63.7 Å². The number of carbonyl (C=O) groups excluding carboxylic acids is 1. The molecule has 3 aliphatic rings. The van der Waals surface area contributed by atoms with Crippen molar-refractivity contribution in [3.63, 3.8) is 0 Å². The van der Waals surface area contributed by atoms with Gasteiger partial charge in [-0.25, -0.2) is 0 Å². The van der Waals surface area contributed by atoms with Gasteiger partial charge in [0.15, 0.2) is 0 Å². The SMILES string of the molecule is CC1(C)OB(c2ccc(C(=O)N3CCC(N4CCCC4)CC3)c(N)c2)OC1(C)C.